The Kier molecular flexibility index (Phi) is 6.50. The van der Waals surface area contributed by atoms with Crippen molar-refractivity contribution >= 4 is 17.4 Å². The fourth-order valence-corrected chi connectivity index (χ4v) is 3.43. The number of nitrogens with one attached hydrogen (secondary N) is 1. The van der Waals surface area contributed by atoms with Crippen molar-refractivity contribution in [3.63, 3.8) is 0 Å². The minimum Gasteiger partial charge on any atom is -0.475 e. The number of carbonyl (C=O) groups is 1. The molecule has 5 heteroatoms. The Labute approximate surface area is 172 Å². The number of ketones is 1. The summed E-state index contributed by atoms with van der Waals surface area (Å²) in [6.07, 6.45) is 0. The molecule has 1 N–H and O–H groups in total. The van der Waals surface area contributed by atoms with Gasteiger partial charge in [-0.15, -0.1) is 5.10 Å². The lowest BCUT2D eigenvalue weighted by atomic mass is 10.1. The number of H-pyrrole nitrogens is 1. The standard InChI is InChI=1S/C24H27N3O2/c1-5-29-24(23-17(2)22(19(4)28)18(3)25-23)26-27(21-14-10-7-11-15-21)16-20-12-8-6-9-13-20/h6-15,25H,5,16H2,1-4H3. The van der Waals surface area contributed by atoms with Gasteiger partial charge in [-0.1, -0.05) is 48.5 Å². The van der Waals surface area contributed by atoms with Crippen molar-refractivity contribution < 1.29 is 9.53 Å². The first kappa shape index (κ1) is 20.4. The van der Waals surface area contributed by atoms with E-state index in [9.17, 15) is 4.79 Å². The van der Waals surface area contributed by atoms with Crippen molar-refractivity contribution in [3.05, 3.63) is 88.7 Å². The first-order chi connectivity index (χ1) is 14.0. The van der Waals surface area contributed by atoms with Crippen LogP contribution in [0.15, 0.2) is 65.8 Å². The Morgan fingerprint density at radius 1 is 1.03 bits per heavy atom. The van der Waals surface area contributed by atoms with Crippen LogP contribution < -0.4 is 5.01 Å². The van der Waals surface area contributed by atoms with Crippen LogP contribution >= 0.6 is 0 Å². The molecule has 0 spiro atoms. The lowest BCUT2D eigenvalue weighted by Crippen LogP contribution is -2.21. The number of hydrazone groups is 1. The van der Waals surface area contributed by atoms with Crippen LogP contribution in [0.1, 0.15) is 46.7 Å². The molecule has 1 heterocycles. The normalized spacial score (nSPS) is 11.4. The number of aromatic nitrogens is 1. The number of Topliss-reactive ketones (excluding diaryl/α,β-unsaturated/α-hetero) is 1. The molecule has 0 bridgehead atoms. The molecule has 0 aliphatic heterocycles. The van der Waals surface area contributed by atoms with Crippen molar-refractivity contribution in [2.24, 2.45) is 5.10 Å². The smallest absolute Gasteiger partial charge is 0.255 e. The topological polar surface area (TPSA) is 57.7 Å². The number of para-hydroxylation sites is 1. The van der Waals surface area contributed by atoms with Gasteiger partial charge in [0.1, 0.15) is 5.69 Å². The summed E-state index contributed by atoms with van der Waals surface area (Å²) in [7, 11) is 0. The molecular formula is C24H27N3O2. The summed E-state index contributed by atoms with van der Waals surface area (Å²) in [6.45, 7) is 8.40. The lowest BCUT2D eigenvalue weighted by molar-refractivity contribution is 0.101. The van der Waals surface area contributed by atoms with E-state index >= 15 is 0 Å². The zero-order valence-corrected chi connectivity index (χ0v) is 17.4. The molecule has 1 aromatic heterocycles. The molecule has 0 radical (unpaired) electrons. The van der Waals surface area contributed by atoms with E-state index in [1.807, 2.05) is 74.3 Å². The Hall–Kier alpha value is -3.34. The van der Waals surface area contributed by atoms with E-state index in [1.165, 1.54) is 0 Å². The average molecular weight is 389 g/mol. The van der Waals surface area contributed by atoms with Crippen molar-refractivity contribution in [2.75, 3.05) is 11.6 Å². The number of hydrogen-bond acceptors (Lipinski definition) is 4. The number of benzene rings is 2. The highest BCUT2D eigenvalue weighted by Crippen LogP contribution is 2.22. The van der Waals surface area contributed by atoms with Crippen LogP contribution in [0, 0.1) is 13.8 Å². The van der Waals surface area contributed by atoms with Gasteiger partial charge in [0.05, 0.1) is 18.8 Å². The average Bonchev–Trinajstić information content (AvgIpc) is 3.02. The Morgan fingerprint density at radius 3 is 2.21 bits per heavy atom. The Morgan fingerprint density at radius 2 is 1.66 bits per heavy atom. The highest BCUT2D eigenvalue weighted by atomic mass is 16.5. The molecule has 0 aliphatic carbocycles. The summed E-state index contributed by atoms with van der Waals surface area (Å²) in [5, 5.41) is 6.78. The molecule has 0 saturated heterocycles. The number of rotatable bonds is 7. The zero-order valence-electron chi connectivity index (χ0n) is 17.4. The van der Waals surface area contributed by atoms with Gasteiger partial charge in [-0.25, -0.2) is 0 Å². The molecule has 0 amide bonds. The quantitative estimate of drug-likeness (QED) is 0.260. The monoisotopic (exact) mass is 389 g/mol. The molecule has 3 rings (SSSR count). The van der Waals surface area contributed by atoms with Gasteiger partial charge in [0, 0.05) is 11.3 Å². The van der Waals surface area contributed by atoms with Crippen LogP contribution in [0.25, 0.3) is 0 Å². The van der Waals surface area contributed by atoms with Gasteiger partial charge in [-0.2, -0.15) is 0 Å². The first-order valence-corrected chi connectivity index (χ1v) is 9.79. The molecule has 5 nitrogen and oxygen atoms in total. The van der Waals surface area contributed by atoms with E-state index in [0.717, 1.165) is 28.2 Å². The lowest BCUT2D eigenvalue weighted by Gasteiger charge is -2.21. The van der Waals surface area contributed by atoms with Crippen molar-refractivity contribution in [1.29, 1.82) is 0 Å². The third-order valence-corrected chi connectivity index (χ3v) is 4.73. The van der Waals surface area contributed by atoms with E-state index in [-0.39, 0.29) is 5.78 Å². The molecule has 0 saturated carbocycles. The Balaban J connectivity index is 2.07. The summed E-state index contributed by atoms with van der Waals surface area (Å²) in [6, 6.07) is 20.2. The molecule has 3 aromatic rings. The fourth-order valence-electron chi connectivity index (χ4n) is 3.43. The van der Waals surface area contributed by atoms with Crippen molar-refractivity contribution in [2.45, 2.75) is 34.2 Å². The van der Waals surface area contributed by atoms with Crippen molar-refractivity contribution in [3.8, 4) is 0 Å². The molecule has 29 heavy (non-hydrogen) atoms. The maximum atomic E-state index is 12.1. The molecule has 150 valence electrons. The molecule has 0 atom stereocenters. The largest absolute Gasteiger partial charge is 0.475 e. The molecule has 0 fully saturated rings. The minimum absolute atomic E-state index is 0.0301. The summed E-state index contributed by atoms with van der Waals surface area (Å²) in [5.41, 5.74) is 5.22. The number of aromatic amines is 1. The maximum Gasteiger partial charge on any atom is 0.255 e. The van der Waals surface area contributed by atoms with Crippen LogP contribution in [-0.2, 0) is 11.3 Å². The predicted molar refractivity (Wildman–Crippen MR) is 118 cm³/mol. The SMILES string of the molecule is CCOC(=NN(Cc1ccccc1)c1ccccc1)c1[nH]c(C)c(C(C)=O)c1C. The molecule has 0 aliphatic rings. The van der Waals surface area contributed by atoms with Gasteiger partial charge in [0.25, 0.3) is 5.90 Å². The van der Waals surface area contributed by atoms with E-state index < -0.39 is 0 Å². The van der Waals surface area contributed by atoms with Crippen LogP contribution in [0.2, 0.25) is 0 Å². The molecule has 2 aromatic carbocycles. The summed E-state index contributed by atoms with van der Waals surface area (Å²) >= 11 is 0. The first-order valence-electron chi connectivity index (χ1n) is 9.79. The van der Waals surface area contributed by atoms with Gasteiger partial charge in [-0.05, 0) is 51.0 Å². The number of ether oxygens (including phenoxy) is 1. The van der Waals surface area contributed by atoms with Crippen LogP contribution in [-0.4, -0.2) is 23.3 Å². The minimum atomic E-state index is 0.0301. The number of aryl methyl sites for hydroxylation is 1. The fraction of sp³-hybridized carbons (Fsp3) is 0.250. The summed E-state index contributed by atoms with van der Waals surface area (Å²) in [4.78, 5) is 15.4. The molecule has 0 unspecified atom stereocenters. The van der Waals surface area contributed by atoms with E-state index in [0.29, 0.717) is 24.6 Å². The van der Waals surface area contributed by atoms with Gasteiger partial charge in [0.15, 0.2) is 5.78 Å². The highest BCUT2D eigenvalue weighted by Gasteiger charge is 2.21. The van der Waals surface area contributed by atoms with Gasteiger partial charge < -0.3 is 9.72 Å². The third kappa shape index (κ3) is 4.74. The zero-order chi connectivity index (χ0) is 20.8. The summed E-state index contributed by atoms with van der Waals surface area (Å²) in [5.74, 6) is 0.503. The molecular weight excluding hydrogens is 362 g/mol. The maximum absolute atomic E-state index is 12.1. The summed E-state index contributed by atoms with van der Waals surface area (Å²) < 4.78 is 5.91. The second kappa shape index (κ2) is 9.24. The van der Waals surface area contributed by atoms with Crippen LogP contribution in [0.4, 0.5) is 5.69 Å². The van der Waals surface area contributed by atoms with E-state index in [4.69, 9.17) is 9.84 Å². The predicted octanol–water partition coefficient (Wildman–Crippen LogP) is 5.24. The second-order valence-electron chi connectivity index (χ2n) is 6.90. The Bertz CT molecular complexity index is 992. The number of anilines is 1. The third-order valence-electron chi connectivity index (χ3n) is 4.73. The van der Waals surface area contributed by atoms with Gasteiger partial charge in [-0.3, -0.25) is 9.80 Å². The highest BCUT2D eigenvalue weighted by molar-refractivity contribution is 6.02. The number of hydrogen-bond donors (Lipinski definition) is 1. The van der Waals surface area contributed by atoms with Crippen LogP contribution in [0.3, 0.4) is 0 Å². The number of nitrogens with zero attached hydrogens (tertiary/aromatic N) is 2. The van der Waals surface area contributed by atoms with Gasteiger partial charge in [0.2, 0.25) is 0 Å². The van der Waals surface area contributed by atoms with E-state index in [1.54, 1.807) is 6.92 Å². The number of carbonyl (C=O) groups excluding carboxylic acids is 1. The van der Waals surface area contributed by atoms with Gasteiger partial charge >= 0.3 is 0 Å². The van der Waals surface area contributed by atoms with Crippen molar-refractivity contribution in [1.82, 2.24) is 4.98 Å². The van der Waals surface area contributed by atoms with Crippen LogP contribution in [0.5, 0.6) is 0 Å². The van der Waals surface area contributed by atoms with E-state index in [2.05, 4.69) is 17.1 Å². The second-order valence-corrected chi connectivity index (χ2v) is 6.90.